The highest BCUT2D eigenvalue weighted by Gasteiger charge is 2.48. The van der Waals surface area contributed by atoms with Gasteiger partial charge in [0.15, 0.2) is 0 Å². The van der Waals surface area contributed by atoms with Crippen molar-refractivity contribution in [3.05, 3.63) is 59.9 Å². The number of carbonyl (C=O) groups is 3. The van der Waals surface area contributed by atoms with Gasteiger partial charge in [-0.25, -0.2) is 4.79 Å². The molecular weight excluding hydrogens is 370 g/mol. The number of benzene rings is 1. The normalized spacial score (nSPS) is 21.8. The zero-order valence-corrected chi connectivity index (χ0v) is 16.1. The van der Waals surface area contributed by atoms with Crippen LogP contribution >= 0.6 is 0 Å². The fraction of sp³-hybridized carbons (Fsp3) is 0.318. The minimum absolute atomic E-state index is 0.0942. The average Bonchev–Trinajstić information content (AvgIpc) is 3.03. The van der Waals surface area contributed by atoms with Crippen molar-refractivity contribution in [1.82, 2.24) is 4.98 Å². The summed E-state index contributed by atoms with van der Waals surface area (Å²) in [4.78, 5) is 47.5. The quantitative estimate of drug-likeness (QED) is 0.345. The lowest BCUT2D eigenvalue weighted by Crippen LogP contribution is -2.30. The summed E-state index contributed by atoms with van der Waals surface area (Å²) < 4.78 is 0. The van der Waals surface area contributed by atoms with Crippen LogP contribution in [0.25, 0.3) is 0 Å². The lowest BCUT2D eigenvalue weighted by atomic mass is 9.81. The van der Waals surface area contributed by atoms with E-state index in [-0.39, 0.29) is 23.7 Å². The average molecular weight is 391 g/mol. The second-order valence-corrected chi connectivity index (χ2v) is 7.35. The summed E-state index contributed by atoms with van der Waals surface area (Å²) in [5.41, 5.74) is 2.11. The highest BCUT2D eigenvalue weighted by molar-refractivity contribution is 6.22. The van der Waals surface area contributed by atoms with E-state index in [0.29, 0.717) is 17.0 Å². The molecule has 0 spiro atoms. The molecule has 0 N–H and O–H groups in total. The first-order valence-corrected chi connectivity index (χ1v) is 9.70. The number of fused-ring (bicyclic) bond motifs is 1. The van der Waals surface area contributed by atoms with Crippen LogP contribution in [0.4, 0.5) is 5.69 Å². The molecule has 0 bridgehead atoms. The molecule has 2 heterocycles. The van der Waals surface area contributed by atoms with E-state index in [9.17, 15) is 14.4 Å². The van der Waals surface area contributed by atoms with Gasteiger partial charge >= 0.3 is 5.97 Å². The van der Waals surface area contributed by atoms with Crippen LogP contribution in [-0.2, 0) is 14.4 Å². The first-order valence-electron chi connectivity index (χ1n) is 9.70. The standard InChI is InChI=1S/C22H21N3O4/c1-14(24-29-22(28)16-5-4-12-23-13-16)15-8-10-17(11-9-15)25-20(26)18-6-2-3-7-19(18)21(25)27/h4-5,8-13,18-19H,2-3,6-7H2,1H3/b24-14-. The van der Waals surface area contributed by atoms with Gasteiger partial charge in [-0.05, 0) is 49.6 Å². The van der Waals surface area contributed by atoms with Gasteiger partial charge in [-0.3, -0.25) is 19.5 Å². The van der Waals surface area contributed by atoms with Crippen LogP contribution in [0, 0.1) is 11.8 Å². The van der Waals surface area contributed by atoms with Crippen LogP contribution < -0.4 is 4.90 Å². The third-order valence-corrected chi connectivity index (χ3v) is 5.55. The number of pyridine rings is 1. The molecule has 2 unspecified atom stereocenters. The summed E-state index contributed by atoms with van der Waals surface area (Å²) in [7, 11) is 0. The molecule has 1 aliphatic carbocycles. The van der Waals surface area contributed by atoms with Crippen molar-refractivity contribution < 1.29 is 19.2 Å². The Morgan fingerprint density at radius 2 is 1.69 bits per heavy atom. The minimum atomic E-state index is -0.593. The van der Waals surface area contributed by atoms with Gasteiger partial charge in [-0.1, -0.05) is 30.1 Å². The van der Waals surface area contributed by atoms with E-state index < -0.39 is 5.97 Å². The molecule has 0 radical (unpaired) electrons. The van der Waals surface area contributed by atoms with Gasteiger partial charge in [0.2, 0.25) is 11.8 Å². The predicted molar refractivity (Wildman–Crippen MR) is 106 cm³/mol. The van der Waals surface area contributed by atoms with Crippen molar-refractivity contribution in [2.75, 3.05) is 4.90 Å². The maximum absolute atomic E-state index is 12.7. The van der Waals surface area contributed by atoms with Gasteiger partial charge in [0.25, 0.3) is 0 Å². The second-order valence-electron chi connectivity index (χ2n) is 7.35. The van der Waals surface area contributed by atoms with Crippen LogP contribution in [0.1, 0.15) is 48.5 Å². The largest absolute Gasteiger partial charge is 0.367 e. The molecule has 1 aromatic heterocycles. The van der Waals surface area contributed by atoms with E-state index in [2.05, 4.69) is 10.1 Å². The van der Waals surface area contributed by atoms with E-state index in [1.165, 1.54) is 11.1 Å². The number of carbonyl (C=O) groups excluding carboxylic acids is 3. The highest BCUT2D eigenvalue weighted by Crippen LogP contribution is 2.40. The third-order valence-electron chi connectivity index (χ3n) is 5.55. The van der Waals surface area contributed by atoms with Gasteiger partial charge < -0.3 is 4.84 Å². The molecule has 1 aromatic carbocycles. The molecule has 148 valence electrons. The Balaban J connectivity index is 1.47. The monoisotopic (exact) mass is 391 g/mol. The molecule has 2 aliphatic rings. The molecular formula is C22H21N3O4. The molecule has 2 atom stereocenters. The van der Waals surface area contributed by atoms with E-state index in [1.807, 2.05) is 0 Å². The summed E-state index contributed by atoms with van der Waals surface area (Å²) in [6.07, 6.45) is 6.55. The van der Waals surface area contributed by atoms with Crippen molar-refractivity contribution in [1.29, 1.82) is 0 Å². The maximum Gasteiger partial charge on any atom is 0.367 e. The van der Waals surface area contributed by atoms with Crippen LogP contribution in [0.5, 0.6) is 0 Å². The SMILES string of the molecule is C/C(=N/OC(=O)c1cccnc1)c1ccc(N2C(=O)C3CCCCC3C2=O)cc1. The summed E-state index contributed by atoms with van der Waals surface area (Å²) >= 11 is 0. The van der Waals surface area contributed by atoms with Gasteiger partial charge in [0.05, 0.1) is 28.8 Å². The molecule has 29 heavy (non-hydrogen) atoms. The van der Waals surface area contributed by atoms with Gasteiger partial charge in [0, 0.05) is 12.4 Å². The lowest BCUT2D eigenvalue weighted by Gasteiger charge is -2.19. The van der Waals surface area contributed by atoms with E-state index in [1.54, 1.807) is 49.5 Å². The Labute approximate surface area is 168 Å². The van der Waals surface area contributed by atoms with Crippen molar-refractivity contribution in [2.24, 2.45) is 17.0 Å². The Morgan fingerprint density at radius 3 is 2.28 bits per heavy atom. The van der Waals surface area contributed by atoms with Crippen LogP contribution in [0.2, 0.25) is 0 Å². The fourth-order valence-corrected chi connectivity index (χ4v) is 3.97. The molecule has 1 aliphatic heterocycles. The topological polar surface area (TPSA) is 88.9 Å². The third kappa shape index (κ3) is 3.68. The molecule has 1 saturated heterocycles. The molecule has 4 rings (SSSR count). The summed E-state index contributed by atoms with van der Waals surface area (Å²) in [5.74, 6) is -1.13. The number of amides is 2. The van der Waals surface area contributed by atoms with Crippen LogP contribution in [0.15, 0.2) is 53.9 Å². The predicted octanol–water partition coefficient (Wildman–Crippen LogP) is 3.34. The maximum atomic E-state index is 12.7. The number of aromatic nitrogens is 1. The zero-order valence-electron chi connectivity index (χ0n) is 16.1. The van der Waals surface area contributed by atoms with E-state index in [4.69, 9.17) is 4.84 Å². The van der Waals surface area contributed by atoms with Crippen molar-refractivity contribution in [3.8, 4) is 0 Å². The Hall–Kier alpha value is -3.35. The molecule has 1 saturated carbocycles. The number of oxime groups is 1. The number of nitrogens with zero attached hydrogens (tertiary/aromatic N) is 3. The Morgan fingerprint density at radius 1 is 1.03 bits per heavy atom. The molecule has 2 fully saturated rings. The molecule has 2 amide bonds. The highest BCUT2D eigenvalue weighted by atomic mass is 16.7. The second kappa shape index (κ2) is 7.95. The van der Waals surface area contributed by atoms with Gasteiger partial charge in [-0.2, -0.15) is 0 Å². The molecule has 7 nitrogen and oxygen atoms in total. The summed E-state index contributed by atoms with van der Waals surface area (Å²) in [6, 6.07) is 10.2. The van der Waals surface area contributed by atoms with Gasteiger partial charge in [-0.15, -0.1) is 0 Å². The number of rotatable bonds is 4. The first-order chi connectivity index (χ1) is 14.1. The number of imide groups is 1. The van der Waals surface area contributed by atoms with Crippen LogP contribution in [0.3, 0.4) is 0 Å². The lowest BCUT2D eigenvalue weighted by molar-refractivity contribution is -0.122. The smallest absolute Gasteiger partial charge is 0.312 e. The van der Waals surface area contributed by atoms with E-state index >= 15 is 0 Å². The first kappa shape index (κ1) is 19.0. The van der Waals surface area contributed by atoms with Gasteiger partial charge in [0.1, 0.15) is 0 Å². The molecule has 7 heteroatoms. The fourth-order valence-electron chi connectivity index (χ4n) is 3.97. The van der Waals surface area contributed by atoms with Crippen molar-refractivity contribution in [3.63, 3.8) is 0 Å². The molecule has 2 aromatic rings. The number of hydrogen-bond donors (Lipinski definition) is 0. The Kier molecular flexibility index (Phi) is 5.20. The zero-order chi connectivity index (χ0) is 20.4. The van der Waals surface area contributed by atoms with E-state index in [0.717, 1.165) is 31.2 Å². The summed E-state index contributed by atoms with van der Waals surface area (Å²) in [5, 5.41) is 3.88. The van der Waals surface area contributed by atoms with Crippen molar-refractivity contribution >= 4 is 29.2 Å². The number of anilines is 1. The Bertz CT molecular complexity index is 945. The van der Waals surface area contributed by atoms with Crippen molar-refractivity contribution in [2.45, 2.75) is 32.6 Å². The van der Waals surface area contributed by atoms with Crippen LogP contribution in [-0.4, -0.2) is 28.5 Å². The summed E-state index contributed by atoms with van der Waals surface area (Å²) in [6.45, 7) is 1.71. The minimum Gasteiger partial charge on any atom is -0.312 e. The number of hydrogen-bond acceptors (Lipinski definition) is 6.